The molecule has 1 aromatic rings. The number of nitriles is 1. The SMILES string of the molecule is CC(=O)N(/C=C(/C#N)C(=O)Nc1ccc(S(=O)(=O)O)cc1)CCN. The molecule has 10 heteroatoms. The third-order valence-electron chi connectivity index (χ3n) is 2.83. The molecule has 128 valence electrons. The van der Waals surface area contributed by atoms with Gasteiger partial charge in [-0.2, -0.15) is 13.7 Å². The van der Waals surface area contributed by atoms with E-state index in [1.807, 2.05) is 0 Å². The van der Waals surface area contributed by atoms with Crippen molar-refractivity contribution in [2.45, 2.75) is 11.8 Å². The van der Waals surface area contributed by atoms with Crippen molar-refractivity contribution in [1.82, 2.24) is 4.90 Å². The molecule has 0 aliphatic carbocycles. The third kappa shape index (κ3) is 5.47. The van der Waals surface area contributed by atoms with Gasteiger partial charge in [0.1, 0.15) is 11.6 Å². The molecule has 9 nitrogen and oxygen atoms in total. The highest BCUT2D eigenvalue weighted by molar-refractivity contribution is 7.85. The number of amides is 2. The molecule has 0 aliphatic heterocycles. The summed E-state index contributed by atoms with van der Waals surface area (Å²) in [6, 6.07) is 6.37. The normalized spacial score (nSPS) is 11.5. The molecule has 0 bridgehead atoms. The average molecular weight is 352 g/mol. The second-order valence-corrected chi connectivity index (χ2v) is 6.03. The Morgan fingerprint density at radius 2 is 1.96 bits per heavy atom. The largest absolute Gasteiger partial charge is 0.329 e. The second kappa shape index (κ2) is 8.21. The van der Waals surface area contributed by atoms with Crippen LogP contribution in [-0.4, -0.2) is 42.8 Å². The van der Waals surface area contributed by atoms with Crippen LogP contribution in [0, 0.1) is 11.3 Å². The van der Waals surface area contributed by atoms with Gasteiger partial charge in [0.25, 0.3) is 16.0 Å². The maximum Gasteiger partial charge on any atom is 0.294 e. The van der Waals surface area contributed by atoms with Crippen molar-refractivity contribution >= 4 is 27.6 Å². The highest BCUT2D eigenvalue weighted by Gasteiger charge is 2.14. The molecule has 0 saturated heterocycles. The van der Waals surface area contributed by atoms with Crippen LogP contribution in [0.15, 0.2) is 40.9 Å². The van der Waals surface area contributed by atoms with Crippen molar-refractivity contribution in [2.24, 2.45) is 5.73 Å². The minimum atomic E-state index is -4.33. The van der Waals surface area contributed by atoms with Gasteiger partial charge in [-0.3, -0.25) is 14.1 Å². The van der Waals surface area contributed by atoms with E-state index in [9.17, 15) is 18.0 Å². The Bertz CT molecular complexity index is 793. The third-order valence-corrected chi connectivity index (χ3v) is 3.70. The number of hydrogen-bond donors (Lipinski definition) is 3. The van der Waals surface area contributed by atoms with E-state index >= 15 is 0 Å². The lowest BCUT2D eigenvalue weighted by Gasteiger charge is -2.15. The van der Waals surface area contributed by atoms with E-state index in [4.69, 9.17) is 15.5 Å². The van der Waals surface area contributed by atoms with Gasteiger partial charge in [-0.25, -0.2) is 0 Å². The van der Waals surface area contributed by atoms with Crippen LogP contribution in [0.2, 0.25) is 0 Å². The fourth-order valence-electron chi connectivity index (χ4n) is 1.65. The number of nitrogens with zero attached hydrogens (tertiary/aromatic N) is 2. The van der Waals surface area contributed by atoms with Crippen molar-refractivity contribution in [3.05, 3.63) is 36.0 Å². The molecule has 1 aromatic carbocycles. The number of rotatable bonds is 6. The zero-order valence-electron chi connectivity index (χ0n) is 12.8. The first kappa shape index (κ1) is 19.3. The molecule has 24 heavy (non-hydrogen) atoms. The first-order valence-electron chi connectivity index (χ1n) is 6.67. The van der Waals surface area contributed by atoms with Crippen molar-refractivity contribution in [2.75, 3.05) is 18.4 Å². The molecule has 0 saturated carbocycles. The molecule has 4 N–H and O–H groups in total. The van der Waals surface area contributed by atoms with Gasteiger partial charge in [0.15, 0.2) is 0 Å². The summed E-state index contributed by atoms with van der Waals surface area (Å²) in [7, 11) is -4.33. The van der Waals surface area contributed by atoms with Crippen molar-refractivity contribution in [1.29, 1.82) is 5.26 Å². The summed E-state index contributed by atoms with van der Waals surface area (Å²) in [5, 5.41) is 11.4. The molecule has 0 spiro atoms. The zero-order chi connectivity index (χ0) is 18.3. The Balaban J connectivity index is 2.95. The second-order valence-electron chi connectivity index (χ2n) is 4.61. The topological polar surface area (TPSA) is 154 Å². The number of carbonyl (C=O) groups excluding carboxylic acids is 2. The number of anilines is 1. The van der Waals surface area contributed by atoms with Gasteiger partial charge in [-0.15, -0.1) is 0 Å². The predicted octanol–water partition coefficient (Wildman–Crippen LogP) is 0.0865. The molecule has 0 unspecified atom stereocenters. The van der Waals surface area contributed by atoms with Gasteiger partial charge >= 0.3 is 0 Å². The summed E-state index contributed by atoms with van der Waals surface area (Å²) >= 11 is 0. The van der Waals surface area contributed by atoms with Crippen molar-refractivity contribution in [3.8, 4) is 6.07 Å². The highest BCUT2D eigenvalue weighted by atomic mass is 32.2. The van der Waals surface area contributed by atoms with E-state index in [0.29, 0.717) is 0 Å². The maximum atomic E-state index is 12.0. The Labute approximate surface area is 139 Å². The van der Waals surface area contributed by atoms with E-state index in [1.165, 1.54) is 19.1 Å². The quantitative estimate of drug-likeness (QED) is 0.372. The van der Waals surface area contributed by atoms with Crippen molar-refractivity contribution in [3.63, 3.8) is 0 Å². The Morgan fingerprint density at radius 1 is 1.38 bits per heavy atom. The van der Waals surface area contributed by atoms with Crippen LogP contribution in [0.25, 0.3) is 0 Å². The summed E-state index contributed by atoms with van der Waals surface area (Å²) in [6.07, 6.45) is 1.09. The van der Waals surface area contributed by atoms with Crippen LogP contribution in [0.4, 0.5) is 5.69 Å². The van der Waals surface area contributed by atoms with Gasteiger partial charge in [-0.05, 0) is 24.3 Å². The smallest absolute Gasteiger partial charge is 0.294 e. The molecule has 0 fully saturated rings. The first-order chi connectivity index (χ1) is 11.2. The molecule has 0 heterocycles. The average Bonchev–Trinajstić information content (AvgIpc) is 2.50. The molecule has 0 atom stereocenters. The number of benzene rings is 1. The number of nitrogens with two attached hydrogens (primary N) is 1. The fraction of sp³-hybridized carbons (Fsp3) is 0.214. The van der Waals surface area contributed by atoms with Crippen molar-refractivity contribution < 1.29 is 22.6 Å². The number of nitrogens with one attached hydrogen (secondary N) is 1. The van der Waals surface area contributed by atoms with Crippen LogP contribution >= 0.6 is 0 Å². The molecular weight excluding hydrogens is 336 g/mol. The minimum absolute atomic E-state index is 0.150. The molecule has 0 radical (unpaired) electrons. The Kier molecular flexibility index (Phi) is 6.60. The fourth-order valence-corrected chi connectivity index (χ4v) is 2.13. The lowest BCUT2D eigenvalue weighted by Crippen LogP contribution is -2.30. The summed E-state index contributed by atoms with van der Waals surface area (Å²) in [5.74, 6) is -1.15. The van der Waals surface area contributed by atoms with Gasteiger partial charge in [0, 0.05) is 31.9 Å². The summed E-state index contributed by atoms with van der Waals surface area (Å²) in [4.78, 5) is 24.3. The first-order valence-corrected chi connectivity index (χ1v) is 8.11. The molecule has 0 aliphatic rings. The Hall–Kier alpha value is -2.74. The standard InChI is InChI=1S/C14H16N4O5S/c1-10(19)18(7-6-15)9-11(8-16)14(20)17-12-2-4-13(5-3-12)24(21,22)23/h2-5,9H,6-7,15H2,1H3,(H,17,20)(H,21,22,23)/b11-9-. The number of hydrogen-bond acceptors (Lipinski definition) is 6. The van der Waals surface area contributed by atoms with Crippen LogP contribution in [0.1, 0.15) is 6.92 Å². The monoisotopic (exact) mass is 352 g/mol. The van der Waals surface area contributed by atoms with E-state index in [0.717, 1.165) is 23.2 Å². The lowest BCUT2D eigenvalue weighted by molar-refractivity contribution is -0.126. The summed E-state index contributed by atoms with van der Waals surface area (Å²) < 4.78 is 30.7. The van der Waals surface area contributed by atoms with Gasteiger partial charge in [-0.1, -0.05) is 0 Å². The molecule has 2 amide bonds. The Morgan fingerprint density at radius 3 is 2.38 bits per heavy atom. The summed E-state index contributed by atoms with van der Waals surface area (Å²) in [6.45, 7) is 1.58. The predicted molar refractivity (Wildman–Crippen MR) is 85.0 cm³/mol. The number of carbonyl (C=O) groups is 2. The van der Waals surface area contributed by atoms with Crippen LogP contribution in [0.5, 0.6) is 0 Å². The van der Waals surface area contributed by atoms with E-state index in [1.54, 1.807) is 6.07 Å². The van der Waals surface area contributed by atoms with E-state index in [-0.39, 0.29) is 35.2 Å². The van der Waals surface area contributed by atoms with Crippen LogP contribution < -0.4 is 11.1 Å². The van der Waals surface area contributed by atoms with E-state index < -0.39 is 16.0 Å². The maximum absolute atomic E-state index is 12.0. The van der Waals surface area contributed by atoms with Gasteiger partial charge in [0.05, 0.1) is 4.90 Å². The summed E-state index contributed by atoms with van der Waals surface area (Å²) in [5.41, 5.74) is 5.25. The van der Waals surface area contributed by atoms with Crippen LogP contribution in [0.3, 0.4) is 0 Å². The van der Waals surface area contributed by atoms with Gasteiger partial charge < -0.3 is 16.0 Å². The molecular formula is C14H16N4O5S. The highest BCUT2D eigenvalue weighted by Crippen LogP contribution is 2.14. The molecule has 0 aromatic heterocycles. The van der Waals surface area contributed by atoms with E-state index in [2.05, 4.69) is 5.32 Å². The van der Waals surface area contributed by atoms with Crippen LogP contribution in [-0.2, 0) is 19.7 Å². The zero-order valence-corrected chi connectivity index (χ0v) is 13.6. The lowest BCUT2D eigenvalue weighted by atomic mass is 10.2. The minimum Gasteiger partial charge on any atom is -0.329 e. The van der Waals surface area contributed by atoms with Gasteiger partial charge in [0.2, 0.25) is 5.91 Å². The molecule has 1 rings (SSSR count).